The molecule has 0 aliphatic carbocycles. The van der Waals surface area contributed by atoms with E-state index in [9.17, 15) is 0 Å². The molecule has 8 rings (SSSR count). The molecule has 0 aromatic heterocycles. The minimum Gasteiger partial charge on any atom is -1.00 e. The molecule has 0 fully saturated rings. The summed E-state index contributed by atoms with van der Waals surface area (Å²) in [6, 6.07) is 54.7. The number of halogens is 2. The Morgan fingerprint density at radius 1 is 0.500 bits per heavy atom. The minimum absolute atomic E-state index is 0. The van der Waals surface area contributed by atoms with Crippen LogP contribution in [0.4, 0.5) is 0 Å². The van der Waals surface area contributed by atoms with Gasteiger partial charge in [-0.1, -0.05) is 108 Å². The number of benzene rings is 5. The van der Waals surface area contributed by atoms with Crippen LogP contribution < -0.4 is 40.7 Å². The molecule has 0 spiro atoms. The number of rotatable bonds is 2. The molecule has 1 aliphatic rings. The standard InChI is InChI=1S/C21H14P.C15H11.2ClH.Ti/c1-2-8-16(9-3-1)22-17-13-15-7-6-11-18(20(15)14-17)19-10-4-5-12-21(19)22;1-2-6-12(7-3-1)14-10-4-8-13-9-5-11-15(13)14;;;/h1-14H;1-11H;2*1H;/q2*-1;;;+4/p-2. The molecule has 0 saturated heterocycles. The predicted molar refractivity (Wildman–Crippen MR) is 162 cm³/mol. The maximum Gasteiger partial charge on any atom is 4.00 e. The summed E-state index contributed by atoms with van der Waals surface area (Å²) in [6.45, 7) is 0. The summed E-state index contributed by atoms with van der Waals surface area (Å²) in [5.41, 5.74) is 5.38. The van der Waals surface area contributed by atoms with Crippen LogP contribution in [0.25, 0.3) is 43.8 Å². The van der Waals surface area contributed by atoms with Crippen molar-refractivity contribution in [3.63, 3.8) is 0 Å². The van der Waals surface area contributed by atoms with Gasteiger partial charge in [0.25, 0.3) is 0 Å². The zero-order valence-electron chi connectivity index (χ0n) is 21.6. The van der Waals surface area contributed by atoms with Gasteiger partial charge in [0.1, 0.15) is 0 Å². The van der Waals surface area contributed by atoms with E-state index in [1.807, 2.05) is 0 Å². The van der Waals surface area contributed by atoms with E-state index >= 15 is 0 Å². The second-order valence-electron chi connectivity index (χ2n) is 9.41. The molecule has 7 aromatic carbocycles. The first kappa shape index (κ1) is 30.0. The molecule has 2 bridgehead atoms. The third-order valence-corrected chi connectivity index (χ3v) is 9.67. The van der Waals surface area contributed by atoms with Gasteiger partial charge in [0.2, 0.25) is 0 Å². The summed E-state index contributed by atoms with van der Waals surface area (Å²) in [5.74, 6) is 0. The molecule has 0 radical (unpaired) electrons. The fraction of sp³-hybridized carbons (Fsp3) is 0. The van der Waals surface area contributed by atoms with Crippen molar-refractivity contribution < 1.29 is 46.5 Å². The number of hydrogen-bond acceptors (Lipinski definition) is 0. The molecule has 0 N–H and O–H groups in total. The summed E-state index contributed by atoms with van der Waals surface area (Å²) >= 11 is 0. The van der Waals surface area contributed by atoms with Crippen molar-refractivity contribution in [1.82, 2.24) is 0 Å². The molecule has 1 heterocycles. The predicted octanol–water partition coefficient (Wildman–Crippen LogP) is 2.53. The van der Waals surface area contributed by atoms with Gasteiger partial charge in [-0.05, 0) is 29.7 Å². The Kier molecular flexibility index (Phi) is 9.86. The Morgan fingerprint density at radius 2 is 1.12 bits per heavy atom. The van der Waals surface area contributed by atoms with Crippen LogP contribution in [0.5, 0.6) is 0 Å². The topological polar surface area (TPSA) is 0 Å². The minimum atomic E-state index is -0.467. The average Bonchev–Trinajstić information content (AvgIpc) is 3.59. The Balaban J connectivity index is 0.000000183. The zero-order chi connectivity index (χ0) is 24.6. The van der Waals surface area contributed by atoms with E-state index in [0.717, 1.165) is 0 Å². The molecule has 7 aromatic rings. The van der Waals surface area contributed by atoms with E-state index in [2.05, 4.69) is 152 Å². The Hall–Kier alpha value is -2.96. The van der Waals surface area contributed by atoms with Crippen LogP contribution in [-0.2, 0) is 21.7 Å². The van der Waals surface area contributed by atoms with Crippen molar-refractivity contribution in [2.45, 2.75) is 0 Å². The largest absolute Gasteiger partial charge is 4.00 e. The van der Waals surface area contributed by atoms with Crippen molar-refractivity contribution in [3.05, 3.63) is 152 Å². The van der Waals surface area contributed by atoms with Crippen molar-refractivity contribution in [1.29, 1.82) is 0 Å². The Morgan fingerprint density at radius 3 is 1.90 bits per heavy atom. The van der Waals surface area contributed by atoms with Crippen LogP contribution in [0.1, 0.15) is 0 Å². The molecule has 40 heavy (non-hydrogen) atoms. The van der Waals surface area contributed by atoms with Crippen LogP contribution in [0, 0.1) is 0 Å². The molecule has 0 amide bonds. The van der Waals surface area contributed by atoms with Crippen molar-refractivity contribution in [3.8, 4) is 22.3 Å². The molecule has 1 unspecified atom stereocenters. The molecular weight excluding hydrogens is 582 g/mol. The molecule has 4 heteroatoms. The van der Waals surface area contributed by atoms with Gasteiger partial charge in [-0.15, -0.1) is 63.2 Å². The van der Waals surface area contributed by atoms with Gasteiger partial charge in [0.05, 0.1) is 0 Å². The molecule has 0 saturated carbocycles. The quantitative estimate of drug-likeness (QED) is 0.161. The van der Waals surface area contributed by atoms with Crippen molar-refractivity contribution in [2.75, 3.05) is 0 Å². The first-order valence-electron chi connectivity index (χ1n) is 12.7. The third kappa shape index (κ3) is 5.49. The van der Waals surface area contributed by atoms with E-state index in [1.165, 1.54) is 59.7 Å². The summed E-state index contributed by atoms with van der Waals surface area (Å²) in [5, 5.41) is 9.78. The van der Waals surface area contributed by atoms with E-state index in [-0.39, 0.29) is 46.5 Å². The normalized spacial score (nSPS) is 12.7. The van der Waals surface area contributed by atoms with Gasteiger partial charge in [-0.2, -0.15) is 18.2 Å². The summed E-state index contributed by atoms with van der Waals surface area (Å²) in [4.78, 5) is 0. The van der Waals surface area contributed by atoms with E-state index in [1.54, 1.807) is 0 Å². The van der Waals surface area contributed by atoms with Crippen LogP contribution in [0.2, 0.25) is 0 Å². The van der Waals surface area contributed by atoms with Crippen LogP contribution in [0.3, 0.4) is 0 Å². The fourth-order valence-electron chi connectivity index (χ4n) is 5.52. The van der Waals surface area contributed by atoms with Gasteiger partial charge in [-0.25, -0.2) is 0 Å². The number of fused-ring (bicyclic) bond motifs is 4. The zero-order valence-corrected chi connectivity index (χ0v) is 25.6. The monoisotopic (exact) mass is 606 g/mol. The van der Waals surface area contributed by atoms with Crippen LogP contribution in [0.15, 0.2) is 152 Å². The Labute approximate surface area is 264 Å². The summed E-state index contributed by atoms with van der Waals surface area (Å²) in [7, 11) is -0.467. The summed E-state index contributed by atoms with van der Waals surface area (Å²) in [6.07, 6.45) is 0. The third-order valence-electron chi connectivity index (χ3n) is 7.21. The second kappa shape index (κ2) is 13.1. The van der Waals surface area contributed by atoms with Gasteiger partial charge in [-0.3, -0.25) is 0 Å². The average molecular weight is 607 g/mol. The fourth-order valence-corrected chi connectivity index (χ4v) is 8.04. The molecule has 192 valence electrons. The van der Waals surface area contributed by atoms with E-state index in [4.69, 9.17) is 0 Å². The van der Waals surface area contributed by atoms with E-state index in [0.29, 0.717) is 0 Å². The van der Waals surface area contributed by atoms with Crippen LogP contribution in [-0.4, -0.2) is 0 Å². The van der Waals surface area contributed by atoms with Gasteiger partial charge >= 0.3 is 21.7 Å². The van der Waals surface area contributed by atoms with Crippen molar-refractivity contribution >= 4 is 45.4 Å². The van der Waals surface area contributed by atoms with Crippen molar-refractivity contribution in [2.24, 2.45) is 0 Å². The smallest absolute Gasteiger partial charge is 1.00 e. The molecular formula is C36H25Cl2PTi. The molecule has 1 atom stereocenters. The van der Waals surface area contributed by atoms with Gasteiger partial charge < -0.3 is 24.8 Å². The Bertz CT molecular complexity index is 1840. The van der Waals surface area contributed by atoms with E-state index < -0.39 is 7.92 Å². The molecule has 0 nitrogen and oxygen atoms in total. The number of hydrogen-bond donors (Lipinski definition) is 0. The first-order chi connectivity index (χ1) is 18.4. The SMILES string of the molecule is [Cl-].[Cl-].[Ti+4].c1ccc(-c2cccc3[cH-]ccc23)cc1.c1ccc(P2c3cc4c(cccc4[cH-]3)-c3ccccc32)cc1. The van der Waals surface area contributed by atoms with Gasteiger partial charge in [0, 0.05) is 0 Å². The summed E-state index contributed by atoms with van der Waals surface area (Å²) < 4.78 is 0. The van der Waals surface area contributed by atoms with Crippen LogP contribution >= 0.6 is 7.92 Å². The van der Waals surface area contributed by atoms with Gasteiger partial charge in [0.15, 0.2) is 0 Å². The second-order valence-corrected chi connectivity index (χ2v) is 11.6. The first-order valence-corrected chi connectivity index (χ1v) is 14.0. The molecule has 1 aliphatic heterocycles. The maximum atomic E-state index is 2.41. The maximum absolute atomic E-state index is 2.41.